The van der Waals surface area contributed by atoms with Crippen LogP contribution in [0.1, 0.15) is 18.4 Å². The quantitative estimate of drug-likeness (QED) is 0.451. The Hall–Kier alpha value is -2.73. The lowest BCUT2D eigenvalue weighted by atomic mass is 10.2. The Balaban J connectivity index is 1.35. The first kappa shape index (κ1) is 17.1. The first-order valence-electron chi connectivity index (χ1n) is 7.92. The number of anilines is 1. The minimum atomic E-state index is -0.130. The van der Waals surface area contributed by atoms with Crippen LogP contribution >= 0.6 is 11.6 Å². The standard InChI is InChI=1S/C18H18ClN3O3/c19-14-4-6-15(7-5-14)20-9-1-2-18(23)22-21-11-13-3-8-16-17(10-13)25-12-24-16/h3-8,10-11,20H,1-2,9,12H2,(H,22,23)/b21-11+. The molecule has 1 heterocycles. The predicted octanol–water partition coefficient (Wildman–Crippen LogP) is 3.41. The van der Waals surface area contributed by atoms with Crippen molar-refractivity contribution < 1.29 is 14.3 Å². The van der Waals surface area contributed by atoms with Crippen molar-refractivity contribution in [3.05, 3.63) is 53.1 Å². The van der Waals surface area contributed by atoms with Gasteiger partial charge in [0, 0.05) is 23.7 Å². The van der Waals surface area contributed by atoms with Crippen molar-refractivity contribution in [2.24, 2.45) is 5.10 Å². The summed E-state index contributed by atoms with van der Waals surface area (Å²) in [5, 5.41) is 7.89. The lowest BCUT2D eigenvalue weighted by molar-refractivity contribution is -0.121. The van der Waals surface area contributed by atoms with Gasteiger partial charge in [0.05, 0.1) is 6.21 Å². The summed E-state index contributed by atoms with van der Waals surface area (Å²) in [5.74, 6) is 1.27. The molecule has 0 saturated carbocycles. The molecule has 0 fully saturated rings. The topological polar surface area (TPSA) is 72.0 Å². The monoisotopic (exact) mass is 359 g/mol. The summed E-state index contributed by atoms with van der Waals surface area (Å²) >= 11 is 5.83. The van der Waals surface area contributed by atoms with E-state index >= 15 is 0 Å². The molecule has 7 heteroatoms. The molecular formula is C18H18ClN3O3. The number of ether oxygens (including phenoxy) is 2. The molecule has 2 aromatic rings. The molecule has 0 spiro atoms. The SMILES string of the molecule is O=C(CCCNc1ccc(Cl)cc1)N/N=C/c1ccc2c(c1)OCO2. The first-order valence-corrected chi connectivity index (χ1v) is 8.29. The smallest absolute Gasteiger partial charge is 0.240 e. The number of rotatable bonds is 7. The van der Waals surface area contributed by atoms with E-state index in [0.717, 1.165) is 17.0 Å². The highest BCUT2D eigenvalue weighted by Gasteiger charge is 2.12. The van der Waals surface area contributed by atoms with E-state index in [4.69, 9.17) is 21.1 Å². The van der Waals surface area contributed by atoms with E-state index in [1.807, 2.05) is 42.5 Å². The second-order valence-electron chi connectivity index (χ2n) is 5.44. The molecule has 6 nitrogen and oxygen atoms in total. The minimum Gasteiger partial charge on any atom is -0.454 e. The third-order valence-corrected chi connectivity index (χ3v) is 3.81. The average Bonchev–Trinajstić information content (AvgIpc) is 3.08. The first-order chi connectivity index (χ1) is 12.2. The van der Waals surface area contributed by atoms with Crippen molar-refractivity contribution in [3.8, 4) is 11.5 Å². The largest absolute Gasteiger partial charge is 0.454 e. The molecule has 130 valence electrons. The highest BCUT2D eigenvalue weighted by molar-refractivity contribution is 6.30. The molecule has 0 aromatic heterocycles. The average molecular weight is 360 g/mol. The maximum Gasteiger partial charge on any atom is 0.240 e. The van der Waals surface area contributed by atoms with Crippen molar-refractivity contribution >= 4 is 29.4 Å². The van der Waals surface area contributed by atoms with Gasteiger partial charge in [0.2, 0.25) is 12.7 Å². The number of nitrogens with zero attached hydrogens (tertiary/aromatic N) is 1. The van der Waals surface area contributed by atoms with E-state index in [-0.39, 0.29) is 12.7 Å². The third kappa shape index (κ3) is 5.12. The van der Waals surface area contributed by atoms with Crippen LogP contribution < -0.4 is 20.2 Å². The number of carbonyl (C=O) groups excluding carboxylic acids is 1. The van der Waals surface area contributed by atoms with E-state index < -0.39 is 0 Å². The van der Waals surface area contributed by atoms with Gasteiger partial charge in [-0.1, -0.05) is 11.6 Å². The lowest BCUT2D eigenvalue weighted by Gasteiger charge is -2.05. The molecular weight excluding hydrogens is 342 g/mol. The summed E-state index contributed by atoms with van der Waals surface area (Å²) in [6, 6.07) is 12.9. The Bertz CT molecular complexity index is 763. The van der Waals surface area contributed by atoms with Crippen LogP contribution in [0.5, 0.6) is 11.5 Å². The fourth-order valence-corrected chi connectivity index (χ4v) is 2.40. The van der Waals surface area contributed by atoms with Gasteiger partial charge in [-0.05, 0) is 54.4 Å². The maximum atomic E-state index is 11.8. The Morgan fingerprint density at radius 1 is 1.16 bits per heavy atom. The Labute approximate surface area is 150 Å². The summed E-state index contributed by atoms with van der Waals surface area (Å²) < 4.78 is 10.5. The molecule has 0 saturated heterocycles. The van der Waals surface area contributed by atoms with Crippen LogP contribution in [0.4, 0.5) is 5.69 Å². The summed E-state index contributed by atoms with van der Waals surface area (Å²) in [7, 11) is 0. The van der Waals surface area contributed by atoms with Gasteiger partial charge in [-0.2, -0.15) is 5.10 Å². The van der Waals surface area contributed by atoms with Gasteiger partial charge in [-0.3, -0.25) is 4.79 Å². The highest BCUT2D eigenvalue weighted by Crippen LogP contribution is 2.31. The second-order valence-corrected chi connectivity index (χ2v) is 5.88. The number of halogens is 1. The number of benzene rings is 2. The normalized spacial score (nSPS) is 12.4. The Morgan fingerprint density at radius 2 is 1.96 bits per heavy atom. The van der Waals surface area contributed by atoms with Crippen LogP contribution in [0.15, 0.2) is 47.6 Å². The van der Waals surface area contributed by atoms with Gasteiger partial charge in [0.15, 0.2) is 11.5 Å². The number of carbonyl (C=O) groups is 1. The Kier molecular flexibility index (Phi) is 5.74. The number of hydrogen-bond donors (Lipinski definition) is 2. The summed E-state index contributed by atoms with van der Waals surface area (Å²) in [6.07, 6.45) is 2.67. The number of hydrogen-bond acceptors (Lipinski definition) is 5. The zero-order valence-corrected chi connectivity index (χ0v) is 14.3. The van der Waals surface area contributed by atoms with Crippen molar-refractivity contribution in [2.75, 3.05) is 18.7 Å². The molecule has 3 rings (SSSR count). The number of nitrogens with one attached hydrogen (secondary N) is 2. The van der Waals surface area contributed by atoms with Crippen LogP contribution in [0.25, 0.3) is 0 Å². The van der Waals surface area contributed by atoms with Crippen LogP contribution in [-0.4, -0.2) is 25.5 Å². The van der Waals surface area contributed by atoms with E-state index in [0.29, 0.717) is 30.2 Å². The Morgan fingerprint density at radius 3 is 2.80 bits per heavy atom. The fraction of sp³-hybridized carbons (Fsp3) is 0.222. The highest BCUT2D eigenvalue weighted by atomic mass is 35.5. The van der Waals surface area contributed by atoms with Gasteiger partial charge >= 0.3 is 0 Å². The van der Waals surface area contributed by atoms with Gasteiger partial charge in [0.25, 0.3) is 0 Å². The van der Waals surface area contributed by atoms with E-state index in [1.165, 1.54) is 0 Å². The summed E-state index contributed by atoms with van der Waals surface area (Å²) in [4.78, 5) is 11.8. The molecule has 25 heavy (non-hydrogen) atoms. The van der Waals surface area contributed by atoms with E-state index in [1.54, 1.807) is 6.21 Å². The molecule has 0 bridgehead atoms. The van der Waals surface area contributed by atoms with Crippen LogP contribution in [-0.2, 0) is 4.79 Å². The van der Waals surface area contributed by atoms with Gasteiger partial charge in [-0.15, -0.1) is 0 Å². The molecule has 0 atom stereocenters. The molecule has 0 unspecified atom stereocenters. The molecule has 1 aliphatic heterocycles. The van der Waals surface area contributed by atoms with Crippen molar-refractivity contribution in [1.29, 1.82) is 0 Å². The van der Waals surface area contributed by atoms with Crippen LogP contribution in [0.3, 0.4) is 0 Å². The number of amides is 1. The van der Waals surface area contributed by atoms with Gasteiger partial charge in [-0.25, -0.2) is 5.43 Å². The van der Waals surface area contributed by atoms with Crippen LogP contribution in [0, 0.1) is 0 Å². The predicted molar refractivity (Wildman–Crippen MR) is 97.5 cm³/mol. The maximum absolute atomic E-state index is 11.8. The van der Waals surface area contributed by atoms with Gasteiger partial charge in [0.1, 0.15) is 0 Å². The summed E-state index contributed by atoms with van der Waals surface area (Å²) in [5.41, 5.74) is 4.32. The number of hydrazone groups is 1. The number of fused-ring (bicyclic) bond motifs is 1. The second kappa shape index (κ2) is 8.39. The van der Waals surface area contributed by atoms with Gasteiger partial charge < -0.3 is 14.8 Å². The lowest BCUT2D eigenvalue weighted by Crippen LogP contribution is -2.18. The fourth-order valence-electron chi connectivity index (χ4n) is 2.28. The minimum absolute atomic E-state index is 0.130. The molecule has 0 radical (unpaired) electrons. The zero-order chi connectivity index (χ0) is 17.5. The molecule has 0 aliphatic carbocycles. The zero-order valence-electron chi connectivity index (χ0n) is 13.5. The molecule has 2 aromatic carbocycles. The van der Waals surface area contributed by atoms with Crippen molar-refractivity contribution in [2.45, 2.75) is 12.8 Å². The molecule has 2 N–H and O–H groups in total. The van der Waals surface area contributed by atoms with Crippen molar-refractivity contribution in [1.82, 2.24) is 5.43 Å². The molecule has 1 aliphatic rings. The van der Waals surface area contributed by atoms with E-state index in [9.17, 15) is 4.79 Å². The third-order valence-electron chi connectivity index (χ3n) is 3.55. The molecule has 1 amide bonds. The van der Waals surface area contributed by atoms with E-state index in [2.05, 4.69) is 15.8 Å². The van der Waals surface area contributed by atoms with Crippen molar-refractivity contribution in [3.63, 3.8) is 0 Å². The summed E-state index contributed by atoms with van der Waals surface area (Å²) in [6.45, 7) is 0.928. The van der Waals surface area contributed by atoms with Crippen LogP contribution in [0.2, 0.25) is 5.02 Å².